The average molecular weight is 411 g/mol. The van der Waals surface area contributed by atoms with Crippen LogP contribution in [0.5, 0.6) is 17.2 Å². The van der Waals surface area contributed by atoms with Crippen LogP contribution in [0.2, 0.25) is 0 Å². The number of ether oxygens (including phenoxy) is 4. The zero-order valence-electron chi connectivity index (χ0n) is 17.2. The summed E-state index contributed by atoms with van der Waals surface area (Å²) in [4.78, 5) is 12.7. The third kappa shape index (κ3) is 4.78. The highest BCUT2D eigenvalue weighted by molar-refractivity contribution is 6.05. The molecule has 0 unspecified atom stereocenters. The smallest absolute Gasteiger partial charge is 0.255 e. The lowest BCUT2D eigenvalue weighted by Crippen LogP contribution is -2.18. The molecule has 0 saturated heterocycles. The van der Waals surface area contributed by atoms with Gasteiger partial charge in [-0.05, 0) is 35.9 Å². The fourth-order valence-corrected chi connectivity index (χ4v) is 2.91. The number of benzene rings is 2. The molecule has 4 N–H and O–H groups in total. The SMILES string of the molecule is COc1cc(C(=O)Nc2ccc(COC3=CCNC=C3N)cc2)cc(OC)c1OC. The van der Waals surface area contributed by atoms with E-state index in [1.165, 1.54) is 21.3 Å². The minimum Gasteiger partial charge on any atom is -0.493 e. The van der Waals surface area contributed by atoms with Crippen LogP contribution in [-0.4, -0.2) is 33.8 Å². The summed E-state index contributed by atoms with van der Waals surface area (Å²) in [5.74, 6) is 1.62. The van der Waals surface area contributed by atoms with E-state index in [4.69, 9.17) is 24.7 Å². The van der Waals surface area contributed by atoms with Crippen molar-refractivity contribution in [2.75, 3.05) is 33.2 Å². The minimum absolute atomic E-state index is 0.295. The summed E-state index contributed by atoms with van der Waals surface area (Å²) in [5, 5.41) is 5.87. The van der Waals surface area contributed by atoms with E-state index in [2.05, 4.69) is 10.6 Å². The number of rotatable bonds is 8. The Kier molecular flexibility index (Phi) is 6.69. The average Bonchev–Trinajstić information content (AvgIpc) is 2.78. The van der Waals surface area contributed by atoms with Crippen LogP contribution in [0.4, 0.5) is 5.69 Å². The molecule has 30 heavy (non-hydrogen) atoms. The largest absolute Gasteiger partial charge is 0.493 e. The lowest BCUT2D eigenvalue weighted by atomic mass is 10.1. The van der Waals surface area contributed by atoms with Crippen molar-refractivity contribution >= 4 is 11.6 Å². The van der Waals surface area contributed by atoms with Gasteiger partial charge in [0.15, 0.2) is 11.5 Å². The number of nitrogens with two attached hydrogens (primary N) is 1. The molecular weight excluding hydrogens is 386 g/mol. The van der Waals surface area contributed by atoms with Crippen LogP contribution in [0, 0.1) is 0 Å². The molecule has 3 rings (SSSR count). The molecule has 1 aliphatic rings. The van der Waals surface area contributed by atoms with E-state index < -0.39 is 0 Å². The summed E-state index contributed by atoms with van der Waals surface area (Å²) in [7, 11) is 4.52. The van der Waals surface area contributed by atoms with E-state index in [9.17, 15) is 4.79 Å². The lowest BCUT2D eigenvalue weighted by Gasteiger charge is -2.15. The van der Waals surface area contributed by atoms with Gasteiger partial charge in [-0.15, -0.1) is 0 Å². The molecule has 0 spiro atoms. The van der Waals surface area contributed by atoms with Crippen LogP contribution < -0.4 is 30.6 Å². The first-order valence-electron chi connectivity index (χ1n) is 9.28. The third-order valence-electron chi connectivity index (χ3n) is 4.48. The number of carbonyl (C=O) groups is 1. The molecule has 0 fully saturated rings. The van der Waals surface area contributed by atoms with E-state index >= 15 is 0 Å². The number of carbonyl (C=O) groups excluding carboxylic acids is 1. The summed E-state index contributed by atoms with van der Waals surface area (Å²) in [5.41, 5.74) is 8.42. The van der Waals surface area contributed by atoms with Gasteiger partial charge in [-0.3, -0.25) is 4.79 Å². The van der Waals surface area contributed by atoms with Crippen LogP contribution in [0.3, 0.4) is 0 Å². The molecule has 0 aliphatic carbocycles. The Morgan fingerprint density at radius 1 is 1.07 bits per heavy atom. The van der Waals surface area contributed by atoms with Gasteiger partial charge in [-0.2, -0.15) is 0 Å². The Balaban J connectivity index is 1.66. The summed E-state index contributed by atoms with van der Waals surface area (Å²) in [6.07, 6.45) is 3.61. The molecule has 158 valence electrons. The zero-order chi connectivity index (χ0) is 21.5. The maximum Gasteiger partial charge on any atom is 0.255 e. The molecular formula is C22H25N3O5. The summed E-state index contributed by atoms with van der Waals surface area (Å²) < 4.78 is 21.6. The molecule has 2 aromatic rings. The fourth-order valence-electron chi connectivity index (χ4n) is 2.91. The first-order valence-corrected chi connectivity index (χ1v) is 9.28. The van der Waals surface area contributed by atoms with Gasteiger partial charge < -0.3 is 35.3 Å². The van der Waals surface area contributed by atoms with Crippen molar-refractivity contribution in [3.05, 3.63) is 71.3 Å². The van der Waals surface area contributed by atoms with Gasteiger partial charge >= 0.3 is 0 Å². The summed E-state index contributed by atoms with van der Waals surface area (Å²) in [6, 6.07) is 10.6. The predicted octanol–water partition coefficient (Wildman–Crippen LogP) is 2.77. The first-order chi connectivity index (χ1) is 14.5. The van der Waals surface area contributed by atoms with E-state index in [1.807, 2.05) is 30.3 Å². The van der Waals surface area contributed by atoms with Crippen molar-refractivity contribution < 1.29 is 23.7 Å². The number of hydrogen-bond donors (Lipinski definition) is 3. The first kappa shape index (κ1) is 20.9. The number of methoxy groups -OCH3 is 3. The molecule has 0 bridgehead atoms. The molecule has 0 saturated carbocycles. The molecule has 1 heterocycles. The third-order valence-corrected chi connectivity index (χ3v) is 4.48. The fraction of sp³-hybridized carbons (Fsp3) is 0.227. The van der Waals surface area contributed by atoms with Crippen LogP contribution in [0.25, 0.3) is 0 Å². The highest BCUT2D eigenvalue weighted by Crippen LogP contribution is 2.38. The molecule has 0 radical (unpaired) electrons. The van der Waals surface area contributed by atoms with E-state index in [1.54, 1.807) is 18.3 Å². The molecule has 1 aliphatic heterocycles. The standard InChI is InChI=1S/C22H25N3O5/c1-27-19-10-15(11-20(28-2)21(19)29-3)22(26)25-16-6-4-14(5-7-16)13-30-18-8-9-24-12-17(18)23/h4-8,10-12,24H,9,13,23H2,1-3H3,(H,25,26). The topological polar surface area (TPSA) is 104 Å². The van der Waals surface area contributed by atoms with Gasteiger partial charge in [0.25, 0.3) is 5.91 Å². The molecule has 8 heteroatoms. The zero-order valence-corrected chi connectivity index (χ0v) is 17.2. The van der Waals surface area contributed by atoms with E-state index in [-0.39, 0.29) is 5.91 Å². The second-order valence-electron chi connectivity index (χ2n) is 6.43. The molecule has 0 atom stereocenters. The van der Waals surface area contributed by atoms with Gasteiger partial charge in [-0.25, -0.2) is 0 Å². The maximum atomic E-state index is 12.7. The lowest BCUT2D eigenvalue weighted by molar-refractivity contribution is 0.102. The number of hydrogen-bond acceptors (Lipinski definition) is 7. The van der Waals surface area contributed by atoms with E-state index in [0.717, 1.165) is 5.56 Å². The Morgan fingerprint density at radius 3 is 2.30 bits per heavy atom. The summed E-state index contributed by atoms with van der Waals surface area (Å²) >= 11 is 0. The Labute approximate surface area is 175 Å². The van der Waals surface area contributed by atoms with Gasteiger partial charge in [0.05, 0.1) is 27.0 Å². The second-order valence-corrected chi connectivity index (χ2v) is 6.43. The number of amides is 1. The van der Waals surface area contributed by atoms with Gasteiger partial charge in [-0.1, -0.05) is 12.1 Å². The number of anilines is 1. The van der Waals surface area contributed by atoms with Gasteiger partial charge in [0.1, 0.15) is 12.4 Å². The Bertz CT molecular complexity index is 942. The monoisotopic (exact) mass is 411 g/mol. The van der Waals surface area contributed by atoms with Gasteiger partial charge in [0.2, 0.25) is 5.75 Å². The second kappa shape index (κ2) is 9.60. The van der Waals surface area contributed by atoms with Crippen LogP contribution >= 0.6 is 0 Å². The summed E-state index contributed by atoms with van der Waals surface area (Å²) in [6.45, 7) is 1.06. The van der Waals surface area contributed by atoms with Crippen molar-refractivity contribution in [3.8, 4) is 17.2 Å². The van der Waals surface area contributed by atoms with Crippen molar-refractivity contribution in [1.29, 1.82) is 0 Å². The predicted molar refractivity (Wildman–Crippen MR) is 114 cm³/mol. The van der Waals surface area contributed by atoms with Crippen LogP contribution in [-0.2, 0) is 11.3 Å². The minimum atomic E-state index is -0.295. The Hall–Kier alpha value is -3.81. The number of nitrogens with one attached hydrogen (secondary N) is 2. The van der Waals surface area contributed by atoms with Gasteiger partial charge in [0, 0.05) is 24.0 Å². The molecule has 0 aromatic heterocycles. The highest BCUT2D eigenvalue weighted by Gasteiger charge is 2.17. The van der Waals surface area contributed by atoms with Crippen molar-refractivity contribution in [3.63, 3.8) is 0 Å². The molecule has 2 aromatic carbocycles. The van der Waals surface area contributed by atoms with E-state index in [0.29, 0.717) is 53.1 Å². The van der Waals surface area contributed by atoms with Crippen LogP contribution in [0.15, 0.2) is 60.1 Å². The molecule has 8 nitrogen and oxygen atoms in total. The number of dihydropyridines is 1. The highest BCUT2D eigenvalue weighted by atomic mass is 16.5. The maximum absolute atomic E-state index is 12.7. The van der Waals surface area contributed by atoms with Crippen molar-refractivity contribution in [1.82, 2.24) is 5.32 Å². The Morgan fingerprint density at radius 2 is 1.73 bits per heavy atom. The normalized spacial score (nSPS) is 12.8. The quantitative estimate of drug-likeness (QED) is 0.614. The van der Waals surface area contributed by atoms with Crippen LogP contribution in [0.1, 0.15) is 15.9 Å². The van der Waals surface area contributed by atoms with Crippen molar-refractivity contribution in [2.24, 2.45) is 5.73 Å². The van der Waals surface area contributed by atoms with Crippen molar-refractivity contribution in [2.45, 2.75) is 6.61 Å². The molecule has 1 amide bonds.